The van der Waals surface area contributed by atoms with Crippen LogP contribution in [0.5, 0.6) is 0 Å². The van der Waals surface area contributed by atoms with Gasteiger partial charge in [0.2, 0.25) is 0 Å². The molecule has 10 heteroatoms. The largest absolute Gasteiger partial charge is 1.00 e. The van der Waals surface area contributed by atoms with Crippen molar-refractivity contribution >= 4 is 0 Å². The molecular formula is C6H16Na4O6. The van der Waals surface area contributed by atoms with Gasteiger partial charge in [-0.3, -0.25) is 0 Å². The first-order valence-corrected chi connectivity index (χ1v) is 3.56. The zero-order chi connectivity index (χ0) is 9.30. The van der Waals surface area contributed by atoms with Crippen LogP contribution in [-0.2, 0) is 4.74 Å². The third kappa shape index (κ3) is 7.52. The Morgan fingerprint density at radius 1 is 0.812 bits per heavy atom. The van der Waals surface area contributed by atoms with Crippen LogP contribution in [0.2, 0.25) is 0 Å². The molecule has 1 unspecified atom stereocenters. The van der Waals surface area contributed by atoms with E-state index in [0.717, 1.165) is 0 Å². The first-order valence-electron chi connectivity index (χ1n) is 3.56. The summed E-state index contributed by atoms with van der Waals surface area (Å²) in [7, 11) is 0. The quantitative estimate of drug-likeness (QED) is 0.304. The molecule has 0 spiro atoms. The van der Waals surface area contributed by atoms with Crippen molar-refractivity contribution in [3.63, 3.8) is 0 Å². The third-order valence-corrected chi connectivity index (χ3v) is 1.87. The molecule has 16 heavy (non-hydrogen) atoms. The molecule has 0 radical (unpaired) electrons. The molecule has 0 aromatic carbocycles. The van der Waals surface area contributed by atoms with Gasteiger partial charge in [0, 0.05) is 0 Å². The standard InChI is InChI=1S/C6H12O6.4Na.4H/c7-1-2-3(8)4(9)5(10)6(11)12-2;;;;;;;;/h2-11H,1H2;;;;;;;;/q;4*+1;4*-1/t2-,3-,4+,5-,6?;;;;;;;;/m1......../s1. The first kappa shape index (κ1) is 28.0. The molecule has 1 heterocycles. The van der Waals surface area contributed by atoms with E-state index in [1.165, 1.54) is 0 Å². The van der Waals surface area contributed by atoms with Crippen LogP contribution in [0.15, 0.2) is 0 Å². The number of hydrogen-bond acceptors (Lipinski definition) is 6. The van der Waals surface area contributed by atoms with E-state index in [-0.39, 0.29) is 124 Å². The maximum atomic E-state index is 9.12. The fourth-order valence-electron chi connectivity index (χ4n) is 1.08. The van der Waals surface area contributed by atoms with Gasteiger partial charge < -0.3 is 36.0 Å². The number of aliphatic hydroxyl groups is 5. The monoisotopic (exact) mass is 276 g/mol. The molecule has 1 saturated heterocycles. The molecule has 5 N–H and O–H groups in total. The summed E-state index contributed by atoms with van der Waals surface area (Å²) in [6.45, 7) is -0.526. The Morgan fingerprint density at radius 3 is 1.62 bits per heavy atom. The van der Waals surface area contributed by atoms with Gasteiger partial charge in [0.05, 0.1) is 6.61 Å². The predicted molar refractivity (Wildman–Crippen MR) is 40.4 cm³/mol. The third-order valence-electron chi connectivity index (χ3n) is 1.87. The maximum absolute atomic E-state index is 9.12. The second-order valence-corrected chi connectivity index (χ2v) is 2.72. The minimum absolute atomic E-state index is 0. The molecule has 0 aromatic rings. The van der Waals surface area contributed by atoms with Crippen molar-refractivity contribution in [3.05, 3.63) is 0 Å². The van der Waals surface area contributed by atoms with Crippen molar-refractivity contribution in [2.75, 3.05) is 6.61 Å². The number of rotatable bonds is 1. The zero-order valence-corrected chi connectivity index (χ0v) is 18.2. The van der Waals surface area contributed by atoms with Crippen molar-refractivity contribution in [2.24, 2.45) is 0 Å². The molecule has 1 fully saturated rings. The molecule has 6 nitrogen and oxygen atoms in total. The summed E-state index contributed by atoms with van der Waals surface area (Å²) in [5, 5.41) is 44.7. The summed E-state index contributed by atoms with van der Waals surface area (Å²) in [6, 6.07) is 0. The molecule has 0 aromatic heterocycles. The van der Waals surface area contributed by atoms with E-state index in [1.54, 1.807) is 0 Å². The first-order chi connectivity index (χ1) is 5.57. The van der Waals surface area contributed by atoms with Crippen LogP contribution in [-0.4, -0.2) is 62.8 Å². The summed E-state index contributed by atoms with van der Waals surface area (Å²) in [5.74, 6) is 0. The fourth-order valence-corrected chi connectivity index (χ4v) is 1.08. The Bertz CT molecular complexity index is 174. The average Bonchev–Trinajstić information content (AvgIpc) is 2.08. The van der Waals surface area contributed by atoms with Crippen molar-refractivity contribution in [2.45, 2.75) is 30.7 Å². The Hall–Kier alpha value is 3.76. The van der Waals surface area contributed by atoms with E-state index in [2.05, 4.69) is 4.74 Å². The van der Waals surface area contributed by atoms with Crippen LogP contribution >= 0.6 is 0 Å². The van der Waals surface area contributed by atoms with Gasteiger partial charge in [0.25, 0.3) is 0 Å². The molecule has 1 aliphatic rings. The number of ether oxygens (including phenoxy) is 1. The molecule has 0 amide bonds. The molecule has 1 rings (SSSR count). The predicted octanol–water partition coefficient (Wildman–Crippen LogP) is -14.8. The van der Waals surface area contributed by atoms with Crippen molar-refractivity contribution in [1.29, 1.82) is 0 Å². The molecule has 5 atom stereocenters. The molecule has 0 aliphatic carbocycles. The summed E-state index contributed by atoms with van der Waals surface area (Å²) >= 11 is 0. The molecule has 80 valence electrons. The fraction of sp³-hybridized carbons (Fsp3) is 1.00. The van der Waals surface area contributed by atoms with Crippen LogP contribution in [0, 0.1) is 0 Å². The van der Waals surface area contributed by atoms with Crippen LogP contribution in [0.4, 0.5) is 0 Å². The minimum Gasteiger partial charge on any atom is -1.00 e. The Morgan fingerprint density at radius 2 is 1.25 bits per heavy atom. The summed E-state index contributed by atoms with van der Waals surface area (Å²) in [6.07, 6.45) is -7.04. The van der Waals surface area contributed by atoms with Crippen molar-refractivity contribution < 1.29 is 154 Å². The van der Waals surface area contributed by atoms with Gasteiger partial charge in [-0.05, 0) is 0 Å². The van der Waals surface area contributed by atoms with E-state index >= 15 is 0 Å². The van der Waals surface area contributed by atoms with Gasteiger partial charge in [-0.15, -0.1) is 0 Å². The van der Waals surface area contributed by atoms with Gasteiger partial charge in [-0.25, -0.2) is 0 Å². The topological polar surface area (TPSA) is 110 Å². The van der Waals surface area contributed by atoms with Gasteiger partial charge in [-0.1, -0.05) is 0 Å². The van der Waals surface area contributed by atoms with Crippen LogP contribution < -0.4 is 118 Å². The van der Waals surface area contributed by atoms with E-state index < -0.39 is 37.3 Å². The minimum atomic E-state index is -1.57. The Balaban J connectivity index is -0.0000000300. The SMILES string of the molecule is OC[C@H]1OC(O)[C@H](O)[C@@H](O)[C@@H]1O.[H-].[H-].[H-].[H-].[Na+].[Na+].[Na+].[Na+]. The van der Waals surface area contributed by atoms with E-state index in [9.17, 15) is 0 Å². The molecule has 0 bridgehead atoms. The van der Waals surface area contributed by atoms with Crippen LogP contribution in [0.1, 0.15) is 5.71 Å². The van der Waals surface area contributed by atoms with Crippen molar-refractivity contribution in [1.82, 2.24) is 0 Å². The smallest absolute Gasteiger partial charge is 1.00 e. The Labute approximate surface area is 188 Å². The normalized spacial score (nSPS) is 36.9. The zero-order valence-electron chi connectivity index (χ0n) is 14.2. The molecular weight excluding hydrogens is 260 g/mol. The summed E-state index contributed by atoms with van der Waals surface area (Å²) < 4.78 is 4.58. The van der Waals surface area contributed by atoms with Crippen LogP contribution in [0.25, 0.3) is 0 Å². The maximum Gasteiger partial charge on any atom is 1.00 e. The molecule has 0 saturated carbocycles. The van der Waals surface area contributed by atoms with Crippen molar-refractivity contribution in [3.8, 4) is 0 Å². The number of aliphatic hydroxyl groups excluding tert-OH is 5. The summed E-state index contributed by atoms with van der Waals surface area (Å²) in [5.41, 5.74) is 0. The molecule has 1 aliphatic heterocycles. The van der Waals surface area contributed by atoms with E-state index in [4.69, 9.17) is 25.5 Å². The van der Waals surface area contributed by atoms with Gasteiger partial charge in [0.15, 0.2) is 6.29 Å². The van der Waals surface area contributed by atoms with Crippen LogP contribution in [0.3, 0.4) is 0 Å². The van der Waals surface area contributed by atoms with Gasteiger partial charge >= 0.3 is 118 Å². The second kappa shape index (κ2) is 13.7. The second-order valence-electron chi connectivity index (χ2n) is 2.72. The van der Waals surface area contributed by atoms with Gasteiger partial charge in [-0.2, -0.15) is 0 Å². The van der Waals surface area contributed by atoms with Gasteiger partial charge in [0.1, 0.15) is 24.4 Å². The van der Waals surface area contributed by atoms with E-state index in [0.29, 0.717) is 0 Å². The number of hydrogen-bond donors (Lipinski definition) is 5. The Kier molecular flexibility index (Phi) is 24.0. The summed E-state index contributed by atoms with van der Waals surface area (Å²) in [4.78, 5) is 0. The van der Waals surface area contributed by atoms with E-state index in [1.807, 2.05) is 0 Å². The average molecular weight is 276 g/mol.